The van der Waals surface area contributed by atoms with Gasteiger partial charge in [0, 0.05) is 17.0 Å². The van der Waals surface area contributed by atoms with E-state index in [1.165, 1.54) is 18.2 Å². The number of alkyl halides is 3. The van der Waals surface area contributed by atoms with Crippen LogP contribution in [-0.2, 0) is 4.79 Å². The summed E-state index contributed by atoms with van der Waals surface area (Å²) in [4.78, 5) is 11.8. The zero-order chi connectivity index (χ0) is 15.3. The highest BCUT2D eigenvalue weighted by molar-refractivity contribution is 8.00. The zero-order valence-corrected chi connectivity index (χ0v) is 12.1. The summed E-state index contributed by atoms with van der Waals surface area (Å²) in [5.74, 6) is -0.157. The Labute approximate surface area is 125 Å². The Hall–Kier alpha value is -1.43. The van der Waals surface area contributed by atoms with Crippen LogP contribution in [-0.4, -0.2) is 17.5 Å². The number of carbonyl (C=O) groups excluding carboxylic acids is 1. The summed E-state index contributed by atoms with van der Waals surface area (Å²) in [7, 11) is 0. The number of thioether (sulfide) groups is 1. The van der Waals surface area contributed by atoms with Crippen molar-refractivity contribution in [2.75, 3.05) is 0 Å². The normalized spacial score (nSPS) is 16.5. The van der Waals surface area contributed by atoms with Gasteiger partial charge in [-0.05, 0) is 48.4 Å². The van der Waals surface area contributed by atoms with Gasteiger partial charge in [-0.2, -0.15) is 13.2 Å². The van der Waals surface area contributed by atoms with E-state index in [2.05, 4.69) is 5.32 Å². The van der Waals surface area contributed by atoms with E-state index in [0.717, 1.165) is 25.7 Å². The van der Waals surface area contributed by atoms with Crippen molar-refractivity contribution >= 4 is 23.7 Å². The van der Waals surface area contributed by atoms with E-state index in [-0.39, 0.29) is 28.6 Å². The van der Waals surface area contributed by atoms with Gasteiger partial charge < -0.3 is 5.32 Å². The van der Waals surface area contributed by atoms with Gasteiger partial charge in [0.05, 0.1) is 0 Å². The Morgan fingerprint density at radius 1 is 1.19 bits per heavy atom. The van der Waals surface area contributed by atoms with Crippen molar-refractivity contribution in [2.45, 2.75) is 42.1 Å². The fourth-order valence-electron chi connectivity index (χ4n) is 2.27. The summed E-state index contributed by atoms with van der Waals surface area (Å²) >= 11 is -0.148. The van der Waals surface area contributed by atoms with Gasteiger partial charge in [-0.1, -0.05) is 25.0 Å². The predicted molar refractivity (Wildman–Crippen MR) is 77.8 cm³/mol. The highest BCUT2D eigenvalue weighted by Gasteiger charge is 2.28. The van der Waals surface area contributed by atoms with E-state index in [4.69, 9.17) is 0 Å². The standard InChI is InChI=1S/C15H16F3NOS/c16-15(17,18)21-13-8-5-11(6-9-13)7-10-14(20)19-12-3-1-2-4-12/h5-10,12H,1-4H2,(H,19,20)/b10-7+. The molecule has 1 saturated carbocycles. The summed E-state index contributed by atoms with van der Waals surface area (Å²) < 4.78 is 36.6. The van der Waals surface area contributed by atoms with Crippen LogP contribution in [0.2, 0.25) is 0 Å². The van der Waals surface area contributed by atoms with Crippen molar-refractivity contribution in [1.29, 1.82) is 0 Å². The minimum Gasteiger partial charge on any atom is -0.350 e. The lowest BCUT2D eigenvalue weighted by atomic mass is 10.2. The molecule has 1 amide bonds. The van der Waals surface area contributed by atoms with Crippen LogP contribution < -0.4 is 5.32 Å². The molecule has 1 aliphatic rings. The molecule has 0 aromatic heterocycles. The van der Waals surface area contributed by atoms with Crippen LogP contribution in [0.1, 0.15) is 31.2 Å². The number of halogens is 3. The summed E-state index contributed by atoms with van der Waals surface area (Å²) in [6, 6.07) is 6.17. The van der Waals surface area contributed by atoms with E-state index in [9.17, 15) is 18.0 Å². The molecule has 0 atom stereocenters. The van der Waals surface area contributed by atoms with Crippen molar-refractivity contribution in [3.05, 3.63) is 35.9 Å². The third-order valence-corrected chi connectivity index (χ3v) is 3.98. The molecule has 1 aromatic rings. The molecule has 0 saturated heterocycles. The van der Waals surface area contributed by atoms with Gasteiger partial charge in [0.25, 0.3) is 0 Å². The number of hydrogen-bond donors (Lipinski definition) is 1. The lowest BCUT2D eigenvalue weighted by Crippen LogP contribution is -2.30. The van der Waals surface area contributed by atoms with Crippen LogP contribution in [0.3, 0.4) is 0 Å². The van der Waals surface area contributed by atoms with E-state index in [0.29, 0.717) is 5.56 Å². The minimum atomic E-state index is -4.28. The predicted octanol–water partition coefficient (Wildman–Crippen LogP) is 4.37. The van der Waals surface area contributed by atoms with Gasteiger partial charge in [-0.25, -0.2) is 0 Å². The Kier molecular flexibility index (Phi) is 5.33. The topological polar surface area (TPSA) is 29.1 Å². The summed E-state index contributed by atoms with van der Waals surface area (Å²) in [5.41, 5.74) is -3.58. The second-order valence-electron chi connectivity index (χ2n) is 4.94. The van der Waals surface area contributed by atoms with Crippen LogP contribution in [0, 0.1) is 0 Å². The van der Waals surface area contributed by atoms with Gasteiger partial charge >= 0.3 is 5.51 Å². The average molecular weight is 315 g/mol. The number of amides is 1. The molecule has 21 heavy (non-hydrogen) atoms. The van der Waals surface area contributed by atoms with Crippen LogP contribution in [0.15, 0.2) is 35.2 Å². The number of carbonyl (C=O) groups is 1. The molecule has 1 fully saturated rings. The average Bonchev–Trinajstić information content (AvgIpc) is 2.89. The monoisotopic (exact) mass is 315 g/mol. The van der Waals surface area contributed by atoms with E-state index < -0.39 is 5.51 Å². The Balaban J connectivity index is 1.87. The number of hydrogen-bond acceptors (Lipinski definition) is 2. The molecule has 0 unspecified atom stereocenters. The smallest absolute Gasteiger partial charge is 0.350 e. The maximum atomic E-state index is 12.2. The van der Waals surface area contributed by atoms with Crippen LogP contribution in [0.5, 0.6) is 0 Å². The van der Waals surface area contributed by atoms with Crippen molar-refractivity contribution in [2.24, 2.45) is 0 Å². The first-order chi connectivity index (χ1) is 9.92. The Morgan fingerprint density at radius 3 is 2.38 bits per heavy atom. The quantitative estimate of drug-likeness (QED) is 0.660. The van der Waals surface area contributed by atoms with Crippen molar-refractivity contribution in [3.8, 4) is 0 Å². The van der Waals surface area contributed by atoms with Gasteiger partial charge in [0.1, 0.15) is 0 Å². The molecule has 6 heteroatoms. The fraction of sp³-hybridized carbons (Fsp3) is 0.400. The Morgan fingerprint density at radius 2 is 1.81 bits per heavy atom. The molecule has 1 aliphatic carbocycles. The number of rotatable bonds is 4. The molecule has 0 spiro atoms. The van der Waals surface area contributed by atoms with E-state index in [1.807, 2.05) is 0 Å². The molecule has 0 heterocycles. The highest BCUT2D eigenvalue weighted by atomic mass is 32.2. The molecule has 0 radical (unpaired) electrons. The van der Waals surface area contributed by atoms with Crippen LogP contribution in [0.4, 0.5) is 13.2 Å². The molecule has 1 N–H and O–H groups in total. The maximum absolute atomic E-state index is 12.2. The second-order valence-corrected chi connectivity index (χ2v) is 6.08. The van der Waals surface area contributed by atoms with E-state index in [1.54, 1.807) is 18.2 Å². The van der Waals surface area contributed by atoms with Gasteiger partial charge in [-0.15, -0.1) is 0 Å². The fourth-order valence-corrected chi connectivity index (χ4v) is 2.81. The zero-order valence-electron chi connectivity index (χ0n) is 11.3. The molecule has 0 aliphatic heterocycles. The van der Waals surface area contributed by atoms with Crippen LogP contribution in [0.25, 0.3) is 6.08 Å². The lowest BCUT2D eigenvalue weighted by Gasteiger charge is -2.09. The minimum absolute atomic E-state index is 0.134. The lowest BCUT2D eigenvalue weighted by molar-refractivity contribution is -0.117. The molecular weight excluding hydrogens is 299 g/mol. The van der Waals surface area contributed by atoms with Gasteiger partial charge in [0.15, 0.2) is 0 Å². The van der Waals surface area contributed by atoms with E-state index >= 15 is 0 Å². The second kappa shape index (κ2) is 7.02. The third kappa shape index (κ3) is 5.83. The summed E-state index contributed by atoms with van der Waals surface area (Å²) in [6.07, 6.45) is 7.35. The highest BCUT2D eigenvalue weighted by Crippen LogP contribution is 2.36. The summed E-state index contributed by atoms with van der Waals surface area (Å²) in [5, 5.41) is 2.91. The van der Waals surface area contributed by atoms with Crippen LogP contribution >= 0.6 is 11.8 Å². The van der Waals surface area contributed by atoms with Gasteiger partial charge in [0.2, 0.25) is 5.91 Å². The molecule has 1 aromatic carbocycles. The first-order valence-corrected chi connectivity index (χ1v) is 7.58. The molecule has 2 rings (SSSR count). The number of benzene rings is 1. The molecule has 2 nitrogen and oxygen atoms in total. The maximum Gasteiger partial charge on any atom is 0.446 e. The first-order valence-electron chi connectivity index (χ1n) is 6.77. The first kappa shape index (κ1) is 15.9. The van der Waals surface area contributed by atoms with Crippen molar-refractivity contribution in [3.63, 3.8) is 0 Å². The third-order valence-electron chi connectivity index (χ3n) is 3.24. The SMILES string of the molecule is O=C(/C=C/c1ccc(SC(F)(F)F)cc1)NC1CCCC1. The largest absolute Gasteiger partial charge is 0.446 e. The van der Waals surface area contributed by atoms with Gasteiger partial charge in [-0.3, -0.25) is 4.79 Å². The molecule has 114 valence electrons. The molecular formula is C15H16F3NOS. The summed E-state index contributed by atoms with van der Waals surface area (Å²) in [6.45, 7) is 0. The number of nitrogens with one attached hydrogen (secondary N) is 1. The van der Waals surface area contributed by atoms with Crippen molar-refractivity contribution in [1.82, 2.24) is 5.32 Å². The Bertz CT molecular complexity index is 505. The molecule has 0 bridgehead atoms. The van der Waals surface area contributed by atoms with Crippen molar-refractivity contribution < 1.29 is 18.0 Å².